The number of amides is 1. The second-order valence-electron chi connectivity index (χ2n) is 4.39. The van der Waals surface area contributed by atoms with E-state index in [0.717, 1.165) is 0 Å². The van der Waals surface area contributed by atoms with Gasteiger partial charge in [-0.15, -0.1) is 0 Å². The van der Waals surface area contributed by atoms with Crippen molar-refractivity contribution in [2.75, 3.05) is 19.8 Å². The molecule has 1 amide bonds. The minimum atomic E-state index is -0.867. The Morgan fingerprint density at radius 3 is 2.83 bits per heavy atom. The minimum absolute atomic E-state index is 0.220. The first-order chi connectivity index (χ1) is 8.59. The summed E-state index contributed by atoms with van der Waals surface area (Å²) >= 11 is 5.64. The fourth-order valence-corrected chi connectivity index (χ4v) is 1.90. The van der Waals surface area contributed by atoms with E-state index in [1.807, 2.05) is 0 Å². The molecule has 6 heteroatoms. The van der Waals surface area contributed by atoms with Crippen molar-refractivity contribution in [3.8, 4) is 0 Å². The molecular formula is C12H15ClN2O3. The highest BCUT2D eigenvalue weighted by Crippen LogP contribution is 2.19. The maximum absolute atomic E-state index is 11.8. The molecule has 0 atom stereocenters. The number of hydrogen-bond acceptors (Lipinski definition) is 4. The summed E-state index contributed by atoms with van der Waals surface area (Å²) in [6.07, 6.45) is 2.48. The largest absolute Gasteiger partial charge is 0.388 e. The fourth-order valence-electron chi connectivity index (χ4n) is 1.79. The highest BCUT2D eigenvalue weighted by molar-refractivity contribution is 6.29. The lowest BCUT2D eigenvalue weighted by atomic mass is 9.94. The van der Waals surface area contributed by atoms with Gasteiger partial charge in [0.05, 0.1) is 11.2 Å². The number of aromatic nitrogens is 1. The maximum Gasteiger partial charge on any atom is 0.252 e. The molecule has 2 rings (SSSR count). The standard InChI is InChI=1S/C12H15ClN2O3/c13-10-2-1-9(7-14-10)11(16)15-8-12(17)3-5-18-6-4-12/h1-2,7,17H,3-6,8H2,(H,15,16). The van der Waals surface area contributed by atoms with Crippen LogP contribution in [0, 0.1) is 0 Å². The lowest BCUT2D eigenvalue weighted by molar-refractivity contribution is -0.0605. The topological polar surface area (TPSA) is 71.5 Å². The molecule has 2 heterocycles. The van der Waals surface area contributed by atoms with Crippen LogP contribution in [-0.4, -0.2) is 41.4 Å². The van der Waals surface area contributed by atoms with Crippen LogP contribution < -0.4 is 5.32 Å². The SMILES string of the molecule is O=C(NCC1(O)CCOCC1)c1ccc(Cl)nc1. The molecule has 1 aromatic rings. The average Bonchev–Trinajstić information content (AvgIpc) is 2.38. The minimum Gasteiger partial charge on any atom is -0.388 e. The number of rotatable bonds is 3. The molecule has 0 saturated carbocycles. The van der Waals surface area contributed by atoms with Crippen LogP contribution in [0.4, 0.5) is 0 Å². The first kappa shape index (κ1) is 13.3. The number of ether oxygens (including phenoxy) is 1. The number of nitrogens with one attached hydrogen (secondary N) is 1. The summed E-state index contributed by atoms with van der Waals surface area (Å²) in [6, 6.07) is 3.15. The van der Waals surface area contributed by atoms with Crippen molar-refractivity contribution in [2.24, 2.45) is 0 Å². The van der Waals surface area contributed by atoms with Gasteiger partial charge in [0.1, 0.15) is 5.15 Å². The van der Waals surface area contributed by atoms with Gasteiger partial charge in [-0.2, -0.15) is 0 Å². The number of nitrogens with zero attached hydrogens (tertiary/aromatic N) is 1. The van der Waals surface area contributed by atoms with Crippen molar-refractivity contribution in [3.63, 3.8) is 0 Å². The van der Waals surface area contributed by atoms with Gasteiger partial charge in [0.15, 0.2) is 0 Å². The Morgan fingerprint density at radius 1 is 1.50 bits per heavy atom. The lowest BCUT2D eigenvalue weighted by Gasteiger charge is -2.32. The van der Waals surface area contributed by atoms with Gasteiger partial charge in [0, 0.05) is 38.8 Å². The molecule has 1 fully saturated rings. The van der Waals surface area contributed by atoms with Crippen LogP contribution in [0.25, 0.3) is 0 Å². The number of hydrogen-bond donors (Lipinski definition) is 2. The number of aliphatic hydroxyl groups is 1. The Hall–Kier alpha value is -1.17. The van der Waals surface area contributed by atoms with E-state index in [1.54, 1.807) is 12.1 Å². The molecule has 98 valence electrons. The van der Waals surface area contributed by atoms with Crippen molar-refractivity contribution in [2.45, 2.75) is 18.4 Å². The monoisotopic (exact) mass is 270 g/mol. The molecule has 1 aliphatic heterocycles. The Bertz CT molecular complexity index is 416. The Morgan fingerprint density at radius 2 is 2.22 bits per heavy atom. The quantitative estimate of drug-likeness (QED) is 0.804. The second kappa shape index (κ2) is 5.65. The summed E-state index contributed by atoms with van der Waals surface area (Å²) < 4.78 is 5.17. The van der Waals surface area contributed by atoms with E-state index < -0.39 is 5.60 Å². The number of halogens is 1. The Labute approximate surface area is 110 Å². The summed E-state index contributed by atoms with van der Waals surface area (Å²) in [4.78, 5) is 15.6. The molecule has 1 aromatic heterocycles. The average molecular weight is 271 g/mol. The van der Waals surface area contributed by atoms with Crippen LogP contribution >= 0.6 is 11.6 Å². The molecule has 18 heavy (non-hydrogen) atoms. The van der Waals surface area contributed by atoms with Crippen LogP contribution in [0.1, 0.15) is 23.2 Å². The lowest BCUT2D eigenvalue weighted by Crippen LogP contribution is -2.46. The molecule has 0 radical (unpaired) electrons. The zero-order chi connectivity index (χ0) is 13.0. The van der Waals surface area contributed by atoms with Crippen molar-refractivity contribution >= 4 is 17.5 Å². The Kier molecular flexibility index (Phi) is 4.16. The molecule has 0 aliphatic carbocycles. The Balaban J connectivity index is 1.89. The molecule has 0 bridgehead atoms. The number of pyridine rings is 1. The van der Waals surface area contributed by atoms with E-state index in [-0.39, 0.29) is 12.5 Å². The van der Waals surface area contributed by atoms with Crippen LogP contribution in [0.15, 0.2) is 18.3 Å². The van der Waals surface area contributed by atoms with Gasteiger partial charge in [-0.05, 0) is 12.1 Å². The van der Waals surface area contributed by atoms with Crippen LogP contribution in [0.3, 0.4) is 0 Å². The summed E-state index contributed by atoms with van der Waals surface area (Å²) in [5.41, 5.74) is -0.441. The molecule has 0 aromatic carbocycles. The summed E-state index contributed by atoms with van der Waals surface area (Å²) in [5.74, 6) is -0.265. The van der Waals surface area contributed by atoms with Gasteiger partial charge in [-0.1, -0.05) is 11.6 Å². The molecule has 0 unspecified atom stereocenters. The first-order valence-electron chi connectivity index (χ1n) is 5.79. The normalized spacial score (nSPS) is 18.3. The number of carbonyl (C=O) groups is 1. The van der Waals surface area contributed by atoms with E-state index in [0.29, 0.717) is 36.8 Å². The van der Waals surface area contributed by atoms with Gasteiger partial charge in [-0.25, -0.2) is 4.98 Å². The summed E-state index contributed by atoms with van der Waals surface area (Å²) in [7, 11) is 0. The van der Waals surface area contributed by atoms with E-state index >= 15 is 0 Å². The highest BCUT2D eigenvalue weighted by atomic mass is 35.5. The molecule has 0 spiro atoms. The van der Waals surface area contributed by atoms with Gasteiger partial charge in [0.2, 0.25) is 0 Å². The molecule has 1 saturated heterocycles. The van der Waals surface area contributed by atoms with E-state index in [2.05, 4.69) is 10.3 Å². The first-order valence-corrected chi connectivity index (χ1v) is 6.17. The second-order valence-corrected chi connectivity index (χ2v) is 4.78. The molecule has 1 aliphatic rings. The summed E-state index contributed by atoms with van der Waals surface area (Å²) in [5, 5.41) is 13.2. The maximum atomic E-state index is 11.8. The van der Waals surface area contributed by atoms with Crippen molar-refractivity contribution in [1.29, 1.82) is 0 Å². The van der Waals surface area contributed by atoms with Crippen LogP contribution in [0.2, 0.25) is 5.15 Å². The van der Waals surface area contributed by atoms with Crippen molar-refractivity contribution in [3.05, 3.63) is 29.0 Å². The van der Waals surface area contributed by atoms with Gasteiger partial charge in [-0.3, -0.25) is 4.79 Å². The van der Waals surface area contributed by atoms with Gasteiger partial charge >= 0.3 is 0 Å². The van der Waals surface area contributed by atoms with Crippen LogP contribution in [0.5, 0.6) is 0 Å². The zero-order valence-corrected chi connectivity index (χ0v) is 10.6. The van der Waals surface area contributed by atoms with E-state index in [4.69, 9.17) is 16.3 Å². The van der Waals surface area contributed by atoms with E-state index in [1.165, 1.54) is 6.20 Å². The summed E-state index contributed by atoms with van der Waals surface area (Å²) in [6.45, 7) is 1.27. The number of carbonyl (C=O) groups excluding carboxylic acids is 1. The fraction of sp³-hybridized carbons (Fsp3) is 0.500. The smallest absolute Gasteiger partial charge is 0.252 e. The zero-order valence-electron chi connectivity index (χ0n) is 9.86. The highest BCUT2D eigenvalue weighted by Gasteiger charge is 2.30. The van der Waals surface area contributed by atoms with E-state index in [9.17, 15) is 9.90 Å². The third kappa shape index (κ3) is 3.41. The molecular weight excluding hydrogens is 256 g/mol. The van der Waals surface area contributed by atoms with Crippen molar-refractivity contribution < 1.29 is 14.6 Å². The third-order valence-corrected chi connectivity index (χ3v) is 3.21. The molecule has 2 N–H and O–H groups in total. The molecule has 5 nitrogen and oxygen atoms in total. The van der Waals surface area contributed by atoms with Crippen molar-refractivity contribution in [1.82, 2.24) is 10.3 Å². The van der Waals surface area contributed by atoms with Gasteiger partial charge < -0.3 is 15.2 Å². The predicted molar refractivity (Wildman–Crippen MR) is 66.6 cm³/mol. The predicted octanol–water partition coefficient (Wildman–Crippen LogP) is 1.01. The van der Waals surface area contributed by atoms with Gasteiger partial charge in [0.25, 0.3) is 5.91 Å². The van der Waals surface area contributed by atoms with Crippen LogP contribution in [-0.2, 0) is 4.74 Å². The third-order valence-electron chi connectivity index (χ3n) is 2.99.